The van der Waals surface area contributed by atoms with Crippen LogP contribution in [0.3, 0.4) is 0 Å². The molecule has 2 atom stereocenters. The van der Waals surface area contributed by atoms with Crippen LogP contribution in [0.2, 0.25) is 0 Å². The van der Waals surface area contributed by atoms with E-state index in [4.69, 9.17) is 5.73 Å². The number of aliphatic hydroxyl groups excluding tert-OH is 1. The molecule has 0 aliphatic carbocycles. The molecule has 4 N–H and O–H groups in total. The molecule has 0 fully saturated rings. The fraction of sp³-hybridized carbons (Fsp3) is 0.571. The number of phenols is 1. The quantitative estimate of drug-likeness (QED) is 0.740. The molecule has 0 aromatic heterocycles. The van der Waals surface area contributed by atoms with Gasteiger partial charge in [-0.05, 0) is 48.1 Å². The Kier molecular flexibility index (Phi) is 3.84. The number of aliphatic hydroxyl groups is 1. The van der Waals surface area contributed by atoms with Crippen LogP contribution in [0.4, 0.5) is 0 Å². The molecule has 17 heavy (non-hydrogen) atoms. The van der Waals surface area contributed by atoms with E-state index in [1.165, 1.54) is 0 Å². The smallest absolute Gasteiger partial charge is 0.116 e. The number of nitrogens with two attached hydrogens (primary N) is 1. The van der Waals surface area contributed by atoms with Gasteiger partial charge in [0, 0.05) is 0 Å². The van der Waals surface area contributed by atoms with Crippen molar-refractivity contribution >= 4 is 0 Å². The number of hydrogen-bond acceptors (Lipinski definition) is 3. The van der Waals surface area contributed by atoms with Crippen LogP contribution >= 0.6 is 0 Å². The van der Waals surface area contributed by atoms with Crippen molar-refractivity contribution in [2.24, 2.45) is 11.1 Å². The van der Waals surface area contributed by atoms with Crippen LogP contribution in [0.1, 0.15) is 43.5 Å². The third-order valence-electron chi connectivity index (χ3n) is 3.14. The Hall–Kier alpha value is -1.06. The monoisotopic (exact) mass is 237 g/mol. The second-order valence-corrected chi connectivity index (χ2v) is 5.83. The summed E-state index contributed by atoms with van der Waals surface area (Å²) in [5.41, 5.74) is 8.63. The number of rotatable bonds is 2. The summed E-state index contributed by atoms with van der Waals surface area (Å²) < 4.78 is 0. The van der Waals surface area contributed by atoms with Crippen LogP contribution in [0.5, 0.6) is 5.75 Å². The van der Waals surface area contributed by atoms with Crippen molar-refractivity contribution in [1.29, 1.82) is 0 Å². The molecule has 0 aliphatic rings. The van der Waals surface area contributed by atoms with Gasteiger partial charge in [0.1, 0.15) is 5.75 Å². The molecule has 0 unspecified atom stereocenters. The van der Waals surface area contributed by atoms with Crippen molar-refractivity contribution in [3.8, 4) is 5.75 Å². The van der Waals surface area contributed by atoms with Gasteiger partial charge in [-0.25, -0.2) is 0 Å². The van der Waals surface area contributed by atoms with Gasteiger partial charge in [-0.2, -0.15) is 0 Å². The molecule has 1 aromatic carbocycles. The molecule has 0 heterocycles. The normalized spacial score (nSPS) is 15.7. The first-order valence-electron chi connectivity index (χ1n) is 5.88. The fourth-order valence-electron chi connectivity index (χ4n) is 2.17. The SMILES string of the molecule is Cc1cc(O)cc(C)c1[C@@H](N)[C@@H](O)C(C)(C)C. The summed E-state index contributed by atoms with van der Waals surface area (Å²) in [4.78, 5) is 0. The van der Waals surface area contributed by atoms with Crippen LogP contribution in [0.15, 0.2) is 12.1 Å². The van der Waals surface area contributed by atoms with Gasteiger partial charge in [-0.3, -0.25) is 0 Å². The molecule has 0 amide bonds. The highest BCUT2D eigenvalue weighted by molar-refractivity contribution is 5.42. The Morgan fingerprint density at radius 2 is 1.53 bits per heavy atom. The highest BCUT2D eigenvalue weighted by Crippen LogP contribution is 2.33. The molecule has 0 saturated carbocycles. The third kappa shape index (κ3) is 2.99. The van der Waals surface area contributed by atoms with Crippen molar-refractivity contribution in [2.75, 3.05) is 0 Å². The summed E-state index contributed by atoms with van der Waals surface area (Å²) in [6.07, 6.45) is -0.621. The van der Waals surface area contributed by atoms with Gasteiger partial charge in [0.25, 0.3) is 0 Å². The lowest BCUT2D eigenvalue weighted by Crippen LogP contribution is -2.37. The molecule has 96 valence electrons. The van der Waals surface area contributed by atoms with E-state index in [0.29, 0.717) is 0 Å². The van der Waals surface area contributed by atoms with Crippen molar-refractivity contribution in [3.05, 3.63) is 28.8 Å². The standard InChI is InChI=1S/C14H23NO2/c1-8-6-10(16)7-9(2)11(8)12(15)13(17)14(3,4)5/h6-7,12-13,16-17H,15H2,1-5H3/t12-,13-/m1/s1. The van der Waals surface area contributed by atoms with Gasteiger partial charge in [0.15, 0.2) is 0 Å². The third-order valence-corrected chi connectivity index (χ3v) is 3.14. The van der Waals surface area contributed by atoms with Crippen molar-refractivity contribution in [2.45, 2.75) is 46.8 Å². The number of hydrogen-bond donors (Lipinski definition) is 3. The average Bonchev–Trinajstić information content (AvgIpc) is 2.13. The Morgan fingerprint density at radius 1 is 1.12 bits per heavy atom. The second kappa shape index (κ2) is 4.67. The van der Waals surface area contributed by atoms with E-state index in [1.54, 1.807) is 12.1 Å². The van der Waals surface area contributed by atoms with Gasteiger partial charge in [-0.1, -0.05) is 20.8 Å². The zero-order valence-corrected chi connectivity index (χ0v) is 11.3. The Morgan fingerprint density at radius 3 is 1.88 bits per heavy atom. The molecular weight excluding hydrogens is 214 g/mol. The van der Waals surface area contributed by atoms with Crippen molar-refractivity contribution in [3.63, 3.8) is 0 Å². The average molecular weight is 237 g/mol. The first-order chi connectivity index (χ1) is 7.64. The van der Waals surface area contributed by atoms with Gasteiger partial charge < -0.3 is 15.9 Å². The summed E-state index contributed by atoms with van der Waals surface area (Å²) >= 11 is 0. The van der Waals surface area contributed by atoms with Crippen LogP contribution < -0.4 is 5.73 Å². The van der Waals surface area contributed by atoms with E-state index in [0.717, 1.165) is 16.7 Å². The first kappa shape index (κ1) is 14.0. The van der Waals surface area contributed by atoms with E-state index in [9.17, 15) is 10.2 Å². The van der Waals surface area contributed by atoms with E-state index < -0.39 is 12.1 Å². The molecule has 3 heteroatoms. The molecule has 0 bridgehead atoms. The van der Waals surface area contributed by atoms with E-state index >= 15 is 0 Å². The summed E-state index contributed by atoms with van der Waals surface area (Å²) in [5.74, 6) is 0.237. The van der Waals surface area contributed by atoms with Gasteiger partial charge in [0.05, 0.1) is 12.1 Å². The summed E-state index contributed by atoms with van der Waals surface area (Å²) in [6.45, 7) is 9.68. The van der Waals surface area contributed by atoms with Crippen molar-refractivity contribution in [1.82, 2.24) is 0 Å². The number of phenolic OH excluding ortho intramolecular Hbond substituents is 1. The van der Waals surface area contributed by atoms with Crippen LogP contribution in [0.25, 0.3) is 0 Å². The number of aryl methyl sites for hydroxylation is 2. The largest absolute Gasteiger partial charge is 0.508 e. The molecule has 0 saturated heterocycles. The zero-order valence-electron chi connectivity index (χ0n) is 11.3. The lowest BCUT2D eigenvalue weighted by Gasteiger charge is -2.32. The Balaban J connectivity index is 3.17. The predicted octanol–water partition coefficient (Wildman–Crippen LogP) is 2.42. The zero-order chi connectivity index (χ0) is 13.4. The fourth-order valence-corrected chi connectivity index (χ4v) is 2.17. The van der Waals surface area contributed by atoms with E-state index in [1.807, 2.05) is 34.6 Å². The topological polar surface area (TPSA) is 66.5 Å². The highest BCUT2D eigenvalue weighted by atomic mass is 16.3. The summed E-state index contributed by atoms with van der Waals surface area (Å²) in [5, 5.41) is 19.7. The van der Waals surface area contributed by atoms with Gasteiger partial charge in [-0.15, -0.1) is 0 Å². The first-order valence-corrected chi connectivity index (χ1v) is 5.88. The molecule has 1 aromatic rings. The summed E-state index contributed by atoms with van der Waals surface area (Å²) in [6, 6.07) is 2.92. The van der Waals surface area contributed by atoms with Crippen LogP contribution in [-0.2, 0) is 0 Å². The molecule has 0 aliphatic heterocycles. The Labute approximate surface area is 103 Å². The summed E-state index contributed by atoms with van der Waals surface area (Å²) in [7, 11) is 0. The Bertz CT molecular complexity index is 384. The second-order valence-electron chi connectivity index (χ2n) is 5.83. The number of benzene rings is 1. The maximum absolute atomic E-state index is 10.2. The molecular formula is C14H23NO2. The predicted molar refractivity (Wildman–Crippen MR) is 70.0 cm³/mol. The van der Waals surface area contributed by atoms with Crippen LogP contribution in [0, 0.1) is 19.3 Å². The molecule has 1 rings (SSSR count). The van der Waals surface area contributed by atoms with E-state index in [-0.39, 0.29) is 11.2 Å². The molecule has 0 spiro atoms. The lowest BCUT2D eigenvalue weighted by atomic mass is 9.80. The van der Waals surface area contributed by atoms with E-state index in [2.05, 4.69) is 0 Å². The minimum absolute atomic E-state index is 0.237. The molecule has 0 radical (unpaired) electrons. The van der Waals surface area contributed by atoms with Gasteiger partial charge >= 0.3 is 0 Å². The maximum atomic E-state index is 10.2. The lowest BCUT2D eigenvalue weighted by molar-refractivity contribution is 0.0397. The van der Waals surface area contributed by atoms with Gasteiger partial charge in [0.2, 0.25) is 0 Å². The number of aromatic hydroxyl groups is 1. The minimum atomic E-state index is -0.621. The maximum Gasteiger partial charge on any atom is 0.116 e. The van der Waals surface area contributed by atoms with Crippen LogP contribution in [-0.4, -0.2) is 16.3 Å². The minimum Gasteiger partial charge on any atom is -0.508 e. The van der Waals surface area contributed by atoms with Crippen molar-refractivity contribution < 1.29 is 10.2 Å². The highest BCUT2D eigenvalue weighted by Gasteiger charge is 2.30. The molecule has 3 nitrogen and oxygen atoms in total.